The zero-order chi connectivity index (χ0) is 40.9. The van der Waals surface area contributed by atoms with E-state index in [-0.39, 0.29) is 54.1 Å². The van der Waals surface area contributed by atoms with Gasteiger partial charge < -0.3 is 15.1 Å². The number of carbonyl (C=O) groups excluding carboxylic acids is 4. The molecule has 2 N–H and O–H groups in total. The summed E-state index contributed by atoms with van der Waals surface area (Å²) in [5, 5.41) is 6.23. The molecule has 4 fully saturated rings. The number of halogens is 1. The van der Waals surface area contributed by atoms with Crippen LogP contribution in [0, 0.1) is 12.7 Å². The van der Waals surface area contributed by atoms with Crippen molar-refractivity contribution >= 4 is 52.0 Å². The maximum atomic E-state index is 15.3. The first kappa shape index (κ1) is 38.9. The number of anilines is 3. The number of amides is 3. The van der Waals surface area contributed by atoms with Crippen molar-refractivity contribution in [2.24, 2.45) is 0 Å². The lowest BCUT2D eigenvalue weighted by Crippen LogP contribution is -2.53. The van der Waals surface area contributed by atoms with Crippen LogP contribution in [-0.4, -0.2) is 109 Å². The quantitative estimate of drug-likeness (QED) is 0.183. The normalized spacial score (nSPS) is 21.1. The molecule has 15 nitrogen and oxygen atoms in total. The number of aryl methyl sites for hydroxylation is 1. The van der Waals surface area contributed by atoms with Gasteiger partial charge >= 0.3 is 0 Å². The third kappa shape index (κ3) is 7.48. The second-order valence-corrected chi connectivity index (χ2v) is 16.7. The summed E-state index contributed by atoms with van der Waals surface area (Å²) in [4.78, 5) is 85.8. The average Bonchev–Trinajstić information content (AvgIpc) is 3.87. The van der Waals surface area contributed by atoms with E-state index in [1.54, 1.807) is 23.8 Å². The van der Waals surface area contributed by atoms with Crippen molar-refractivity contribution in [3.8, 4) is 0 Å². The fourth-order valence-electron chi connectivity index (χ4n) is 9.86. The number of ketones is 1. The summed E-state index contributed by atoms with van der Waals surface area (Å²) >= 11 is 0. The number of fused-ring (bicyclic) bond motifs is 2. The van der Waals surface area contributed by atoms with Gasteiger partial charge in [-0.3, -0.25) is 43.7 Å². The van der Waals surface area contributed by atoms with Crippen LogP contribution in [-0.2, 0) is 22.7 Å². The molecule has 1 aliphatic carbocycles. The van der Waals surface area contributed by atoms with Crippen LogP contribution in [0.2, 0.25) is 0 Å². The highest BCUT2D eigenvalue weighted by molar-refractivity contribution is 6.05. The number of hydrogen-bond donors (Lipinski definition) is 2. The van der Waals surface area contributed by atoms with Gasteiger partial charge in [-0.15, -0.1) is 0 Å². The van der Waals surface area contributed by atoms with Gasteiger partial charge in [-0.1, -0.05) is 12.8 Å². The first-order valence-corrected chi connectivity index (χ1v) is 20.9. The Hall–Kier alpha value is -5.61. The van der Waals surface area contributed by atoms with Crippen molar-refractivity contribution < 1.29 is 23.6 Å². The van der Waals surface area contributed by atoms with E-state index in [9.17, 15) is 24.0 Å². The molecule has 1 atom stereocenters. The van der Waals surface area contributed by atoms with Gasteiger partial charge in [-0.25, -0.2) is 14.4 Å². The minimum absolute atomic E-state index is 0.00299. The van der Waals surface area contributed by atoms with Gasteiger partial charge in [0.25, 0.3) is 11.5 Å². The van der Waals surface area contributed by atoms with Crippen LogP contribution in [0.4, 0.5) is 21.8 Å². The molecule has 9 rings (SSSR count). The highest BCUT2D eigenvalue weighted by atomic mass is 19.1. The Morgan fingerprint density at radius 3 is 2.37 bits per heavy atom. The third-order valence-electron chi connectivity index (χ3n) is 13.1. The molecule has 1 aromatic carbocycles. The molecule has 59 heavy (non-hydrogen) atoms. The monoisotopic (exact) mass is 804 g/mol. The SMILES string of the molecule is CC(=O)c1c(C)c2cnc(Nc3ccc(N4CCN(C5CCN(Cc6cc7c(cc6F)C(=O)N(C6CCC(=O)NC6=O)C7)CC5)CC4)cn3)nc2n(C2CCCC2)c1=O. The molecule has 3 aromatic heterocycles. The lowest BCUT2D eigenvalue weighted by atomic mass is 10.0. The van der Waals surface area contributed by atoms with E-state index in [0.29, 0.717) is 52.1 Å². The molecular weight excluding hydrogens is 756 g/mol. The summed E-state index contributed by atoms with van der Waals surface area (Å²) in [6.45, 7) is 9.21. The predicted octanol–water partition coefficient (Wildman–Crippen LogP) is 4.24. The zero-order valence-electron chi connectivity index (χ0n) is 33.5. The number of piperazine rings is 1. The van der Waals surface area contributed by atoms with Crippen LogP contribution in [0.15, 0.2) is 41.5 Å². The summed E-state index contributed by atoms with van der Waals surface area (Å²) < 4.78 is 17.0. The number of nitrogens with one attached hydrogen (secondary N) is 2. The van der Waals surface area contributed by atoms with E-state index < -0.39 is 17.8 Å². The van der Waals surface area contributed by atoms with Gasteiger partial charge in [-0.2, -0.15) is 4.98 Å². The molecule has 1 unspecified atom stereocenters. The zero-order valence-corrected chi connectivity index (χ0v) is 33.5. The van der Waals surface area contributed by atoms with Crippen LogP contribution in [0.1, 0.15) is 102 Å². The van der Waals surface area contributed by atoms with E-state index >= 15 is 4.39 Å². The third-order valence-corrected chi connectivity index (χ3v) is 13.1. The number of pyridine rings is 2. The van der Waals surface area contributed by atoms with Crippen molar-refractivity contribution in [2.45, 2.75) is 96.4 Å². The molecule has 7 heterocycles. The Morgan fingerprint density at radius 2 is 1.68 bits per heavy atom. The number of nitrogens with zero attached hydrogens (tertiary/aromatic N) is 8. The Morgan fingerprint density at radius 1 is 0.915 bits per heavy atom. The van der Waals surface area contributed by atoms with E-state index in [2.05, 4.69) is 35.3 Å². The molecule has 16 heteroatoms. The molecule has 3 saturated heterocycles. The second kappa shape index (κ2) is 15.9. The van der Waals surface area contributed by atoms with Crippen molar-refractivity contribution in [1.82, 2.24) is 39.5 Å². The van der Waals surface area contributed by atoms with E-state index in [4.69, 9.17) is 4.98 Å². The molecular formula is C43H49FN10O5. The Labute approximate surface area is 341 Å². The first-order valence-electron chi connectivity index (χ1n) is 20.9. The molecule has 5 aliphatic rings. The molecule has 3 amide bonds. The molecule has 0 radical (unpaired) electrons. The highest BCUT2D eigenvalue weighted by Crippen LogP contribution is 2.33. The Bertz CT molecular complexity index is 2400. The van der Waals surface area contributed by atoms with E-state index in [1.807, 2.05) is 18.3 Å². The van der Waals surface area contributed by atoms with Crippen LogP contribution in [0.5, 0.6) is 0 Å². The predicted molar refractivity (Wildman–Crippen MR) is 218 cm³/mol. The van der Waals surface area contributed by atoms with E-state index in [0.717, 1.165) is 89.0 Å². The van der Waals surface area contributed by atoms with Crippen LogP contribution in [0.3, 0.4) is 0 Å². The van der Waals surface area contributed by atoms with Crippen molar-refractivity contribution in [3.63, 3.8) is 0 Å². The number of hydrogen-bond acceptors (Lipinski definition) is 12. The van der Waals surface area contributed by atoms with Gasteiger partial charge in [0, 0.05) is 80.5 Å². The van der Waals surface area contributed by atoms with Gasteiger partial charge in [0.15, 0.2) is 5.78 Å². The van der Waals surface area contributed by atoms with Crippen molar-refractivity contribution in [2.75, 3.05) is 49.5 Å². The summed E-state index contributed by atoms with van der Waals surface area (Å²) in [7, 11) is 0. The first-order chi connectivity index (χ1) is 28.5. The lowest BCUT2D eigenvalue weighted by Gasteiger charge is -2.43. The maximum absolute atomic E-state index is 15.3. The Kier molecular flexibility index (Phi) is 10.5. The smallest absolute Gasteiger partial charge is 0.263 e. The standard InChI is InChI=1S/C43H49FN10O5/c1-25-33-22-46-43(49-39(33)54(30-5-3-4-6-30)42(59)38(25)26(2)55)47-36-9-7-31(21-45-36)52-17-15-51(16-18-52)29-11-13-50(14-12-29)23-28-19-27-24-53(41(58)32(27)20-34(28)44)35-8-10-37(56)48-40(35)57/h7,9,19-22,29-30,35H,3-6,8,10-18,23-24H2,1-2H3,(H,48,56,57)(H,45,46,47,49). The van der Waals surface area contributed by atoms with Gasteiger partial charge in [0.05, 0.1) is 17.4 Å². The summed E-state index contributed by atoms with van der Waals surface area (Å²) in [6, 6.07) is 6.78. The largest absolute Gasteiger partial charge is 0.368 e. The molecule has 4 aliphatic heterocycles. The number of likely N-dealkylation sites (tertiary alicyclic amines) is 1. The number of Topliss-reactive ketones (excluding diaryl/α,β-unsaturated/α-hetero) is 1. The van der Waals surface area contributed by atoms with E-state index in [1.165, 1.54) is 17.9 Å². The number of aromatic nitrogens is 4. The van der Waals surface area contributed by atoms with Gasteiger partial charge in [-0.05, 0) is 94.4 Å². The van der Waals surface area contributed by atoms with Crippen LogP contribution < -0.4 is 21.1 Å². The topological polar surface area (TPSA) is 166 Å². The summed E-state index contributed by atoms with van der Waals surface area (Å²) in [5.74, 6) is -0.907. The number of piperidine rings is 2. The van der Waals surface area contributed by atoms with Crippen molar-refractivity contribution in [1.29, 1.82) is 0 Å². The highest BCUT2D eigenvalue weighted by Gasteiger charge is 2.40. The average molecular weight is 805 g/mol. The molecule has 308 valence electrons. The fraction of sp³-hybridized carbons (Fsp3) is 0.488. The Balaban J connectivity index is 0.778. The number of benzene rings is 1. The molecule has 0 spiro atoms. The minimum Gasteiger partial charge on any atom is -0.368 e. The lowest BCUT2D eigenvalue weighted by molar-refractivity contribution is -0.136. The minimum atomic E-state index is -0.724. The number of rotatable bonds is 9. The fourth-order valence-corrected chi connectivity index (χ4v) is 9.86. The summed E-state index contributed by atoms with van der Waals surface area (Å²) in [5.41, 5.74) is 3.68. The van der Waals surface area contributed by atoms with Crippen LogP contribution in [0.25, 0.3) is 11.0 Å². The second-order valence-electron chi connectivity index (χ2n) is 16.7. The number of carbonyl (C=O) groups is 4. The summed E-state index contributed by atoms with van der Waals surface area (Å²) in [6.07, 6.45) is 9.79. The molecule has 1 saturated carbocycles. The molecule has 0 bridgehead atoms. The molecule has 4 aromatic rings. The van der Waals surface area contributed by atoms with Crippen molar-refractivity contribution in [3.05, 3.63) is 80.6 Å². The van der Waals surface area contributed by atoms with Gasteiger partial charge in [0.2, 0.25) is 17.8 Å². The van der Waals surface area contributed by atoms with Crippen LogP contribution >= 0.6 is 0 Å². The van der Waals surface area contributed by atoms with Gasteiger partial charge in [0.1, 0.15) is 23.3 Å². The number of imide groups is 1. The maximum Gasteiger partial charge on any atom is 0.263 e.